The summed E-state index contributed by atoms with van der Waals surface area (Å²) in [6.45, 7) is 6.07. The van der Waals surface area contributed by atoms with Crippen LogP contribution in [0.1, 0.15) is 86.0 Å². The van der Waals surface area contributed by atoms with E-state index in [2.05, 4.69) is 15.0 Å². The van der Waals surface area contributed by atoms with Crippen molar-refractivity contribution in [1.29, 1.82) is 0 Å². The van der Waals surface area contributed by atoms with E-state index in [1.807, 2.05) is 13.0 Å². The van der Waals surface area contributed by atoms with Crippen molar-refractivity contribution < 1.29 is 60.1 Å². The number of pyridine rings is 1. The summed E-state index contributed by atoms with van der Waals surface area (Å²) >= 11 is 0. The number of allylic oxidation sites excluding steroid dienone is 1. The van der Waals surface area contributed by atoms with Crippen molar-refractivity contribution in [3.63, 3.8) is 0 Å². The minimum absolute atomic E-state index is 0.0414. The van der Waals surface area contributed by atoms with E-state index < -0.39 is 85.9 Å². The Hall–Kier alpha value is -4.81. The molecular formula is C41H54F3N5O10S. The Labute approximate surface area is 347 Å². The second kappa shape index (κ2) is 16.2. The number of nitrogens with one attached hydrogen (secondary N) is 2. The lowest BCUT2D eigenvalue weighted by molar-refractivity contribution is -0.222. The van der Waals surface area contributed by atoms with Crippen LogP contribution in [0.15, 0.2) is 36.4 Å². The quantitative estimate of drug-likeness (QED) is 0.253. The van der Waals surface area contributed by atoms with E-state index >= 15 is 4.79 Å². The van der Waals surface area contributed by atoms with Gasteiger partial charge in [0.15, 0.2) is 0 Å². The molecule has 4 aliphatic rings. The van der Waals surface area contributed by atoms with Crippen LogP contribution in [0.3, 0.4) is 0 Å². The zero-order chi connectivity index (χ0) is 44.2. The molecule has 0 radical (unpaired) electrons. The van der Waals surface area contributed by atoms with Gasteiger partial charge in [-0.2, -0.15) is 18.2 Å². The largest absolute Gasteiger partial charge is 0.497 e. The van der Waals surface area contributed by atoms with Gasteiger partial charge in [0, 0.05) is 23.8 Å². The summed E-state index contributed by atoms with van der Waals surface area (Å²) in [5, 5.41) is 14.4. The predicted molar refractivity (Wildman–Crippen MR) is 213 cm³/mol. The van der Waals surface area contributed by atoms with E-state index in [4.69, 9.17) is 14.2 Å². The number of aromatic nitrogens is 1. The van der Waals surface area contributed by atoms with Gasteiger partial charge in [0.2, 0.25) is 33.6 Å². The van der Waals surface area contributed by atoms with Crippen molar-refractivity contribution in [2.75, 3.05) is 20.8 Å². The number of sulfonamides is 1. The third-order valence-corrected chi connectivity index (χ3v) is 15.0. The van der Waals surface area contributed by atoms with Gasteiger partial charge in [-0.1, -0.05) is 32.4 Å². The molecule has 2 aliphatic carbocycles. The highest BCUT2D eigenvalue weighted by Crippen LogP contribution is 2.48. The smallest absolute Gasteiger partial charge is 0.411 e. The van der Waals surface area contributed by atoms with Crippen LogP contribution >= 0.6 is 0 Å². The topological polar surface area (TPSA) is 194 Å². The van der Waals surface area contributed by atoms with Crippen molar-refractivity contribution in [3.05, 3.63) is 36.4 Å². The van der Waals surface area contributed by atoms with Gasteiger partial charge in [-0.25, -0.2) is 13.2 Å². The van der Waals surface area contributed by atoms with Crippen LogP contribution in [0, 0.1) is 17.8 Å². The standard InChI is InChI=1S/C41H54F3N5O10S/c1-8-24-17-23(2)11-9-10-12-26-21-40(26,36(52)47-60(55,56)39(5)15-16-39)46-33(50)30-20-28(59-34-29-14-13-27(57-6)18-25(29)19-31(45-34)58-7)22-48(30)35(51)32(24)49(37(53)54)38(3,4)41(42,43)44/h10,12-14,18-19,23-24,26,28,30,32H,8-9,11,15-17,20-22H2,1-7H3,(H,46,50)(H,47,52)(H,53,54)/b12-10-/t23-,24+,26+,28+,30-,32-,40+/m0/s1. The Morgan fingerprint density at radius 1 is 1.12 bits per heavy atom. The molecule has 1 aromatic heterocycles. The molecule has 1 saturated heterocycles. The molecule has 7 atom stereocenters. The molecule has 2 aliphatic heterocycles. The number of hydrogen-bond donors (Lipinski definition) is 3. The lowest BCUT2D eigenvalue weighted by Crippen LogP contribution is -2.66. The fourth-order valence-electron chi connectivity index (χ4n) is 8.43. The average Bonchev–Trinajstić information content (AvgIpc) is 4.06. The van der Waals surface area contributed by atoms with Crippen LogP contribution in [0.2, 0.25) is 0 Å². The summed E-state index contributed by atoms with van der Waals surface area (Å²) in [4.78, 5) is 62.6. The number of ether oxygens (including phenoxy) is 3. The lowest BCUT2D eigenvalue weighted by atomic mass is 9.82. The molecule has 6 rings (SSSR count). The second-order valence-corrected chi connectivity index (χ2v) is 19.6. The lowest BCUT2D eigenvalue weighted by Gasteiger charge is -2.46. The average molecular weight is 866 g/mol. The highest BCUT2D eigenvalue weighted by Gasteiger charge is 2.64. The van der Waals surface area contributed by atoms with E-state index in [-0.39, 0.29) is 54.8 Å². The van der Waals surface area contributed by atoms with Gasteiger partial charge in [-0.3, -0.25) is 24.0 Å². The third kappa shape index (κ3) is 8.42. The highest BCUT2D eigenvalue weighted by molar-refractivity contribution is 7.91. The Kier molecular flexibility index (Phi) is 12.1. The van der Waals surface area contributed by atoms with Gasteiger partial charge in [0.05, 0.1) is 25.5 Å². The van der Waals surface area contributed by atoms with Crippen LogP contribution in [-0.2, 0) is 24.4 Å². The van der Waals surface area contributed by atoms with Crippen LogP contribution in [-0.4, -0.2) is 113 Å². The first-order valence-corrected chi connectivity index (χ1v) is 21.6. The van der Waals surface area contributed by atoms with Gasteiger partial charge in [-0.05, 0) is 94.7 Å². The van der Waals surface area contributed by atoms with Crippen molar-refractivity contribution in [1.82, 2.24) is 24.8 Å². The predicted octanol–water partition coefficient (Wildman–Crippen LogP) is 5.57. The summed E-state index contributed by atoms with van der Waals surface area (Å²) in [7, 11) is -1.24. The Balaban J connectivity index is 1.45. The number of alkyl halides is 3. The third-order valence-electron chi connectivity index (χ3n) is 12.8. The maximum absolute atomic E-state index is 15.2. The fraction of sp³-hybridized carbons (Fsp3) is 0.634. The van der Waals surface area contributed by atoms with Gasteiger partial charge < -0.3 is 29.5 Å². The van der Waals surface area contributed by atoms with Gasteiger partial charge in [-0.15, -0.1) is 0 Å². The number of methoxy groups -OCH3 is 2. The SMILES string of the molecule is CC[C@@H]1C[C@@H](C)CC/C=C\[C@@H]2C[C@@]2(C(=O)NS(=O)(=O)C2(C)CC2)NC(=O)[C@@H]2C[C@@H](Oc3nc(OC)cc4cc(OC)ccc34)CN2C(=O)[C@H]1N(C(=O)O)C(C)(C)C(F)(F)F. The molecule has 4 amide bonds. The molecule has 19 heteroatoms. The van der Waals surface area contributed by atoms with E-state index in [0.717, 1.165) is 4.90 Å². The molecule has 3 fully saturated rings. The number of carboxylic acid groups (broad SMARTS) is 1. The van der Waals surface area contributed by atoms with Crippen molar-refractivity contribution in [2.45, 2.75) is 126 Å². The zero-order valence-corrected chi connectivity index (χ0v) is 35.6. The van der Waals surface area contributed by atoms with Crippen molar-refractivity contribution >= 4 is 44.6 Å². The maximum Gasteiger partial charge on any atom is 0.411 e. The summed E-state index contributed by atoms with van der Waals surface area (Å²) in [6, 6.07) is 3.32. The van der Waals surface area contributed by atoms with Gasteiger partial charge in [0.1, 0.15) is 35.0 Å². The summed E-state index contributed by atoms with van der Waals surface area (Å²) in [5.41, 5.74) is -4.78. The molecule has 0 spiro atoms. The molecule has 330 valence electrons. The number of rotatable bonds is 10. The van der Waals surface area contributed by atoms with Gasteiger partial charge in [0.25, 0.3) is 5.91 Å². The molecule has 2 saturated carbocycles. The van der Waals surface area contributed by atoms with E-state index in [1.54, 1.807) is 37.3 Å². The first-order valence-electron chi connectivity index (χ1n) is 20.2. The number of amides is 4. The number of halogens is 3. The van der Waals surface area contributed by atoms with Crippen LogP contribution in [0.25, 0.3) is 10.8 Å². The number of fused-ring (bicyclic) bond motifs is 3. The summed E-state index contributed by atoms with van der Waals surface area (Å²) in [5.74, 6) is -3.87. The first kappa shape index (κ1) is 44.7. The number of carbonyl (C=O) groups is 4. The van der Waals surface area contributed by atoms with Crippen LogP contribution in [0.5, 0.6) is 17.5 Å². The monoisotopic (exact) mass is 865 g/mol. The van der Waals surface area contributed by atoms with Crippen molar-refractivity contribution in [2.24, 2.45) is 17.8 Å². The Bertz CT molecular complexity index is 2160. The normalized spacial score (nSPS) is 28.9. The number of benzene rings is 1. The van der Waals surface area contributed by atoms with Crippen LogP contribution < -0.4 is 24.2 Å². The van der Waals surface area contributed by atoms with E-state index in [9.17, 15) is 41.1 Å². The number of nitrogens with zero attached hydrogens (tertiary/aromatic N) is 3. The first-order chi connectivity index (χ1) is 28.0. The summed E-state index contributed by atoms with van der Waals surface area (Å²) in [6.07, 6.45) is -2.80. The fourth-order valence-corrected chi connectivity index (χ4v) is 9.74. The molecule has 0 unspecified atom stereocenters. The number of carbonyl (C=O) groups excluding carboxylic acids is 3. The molecular weight excluding hydrogens is 812 g/mol. The molecule has 0 bridgehead atoms. The second-order valence-electron chi connectivity index (χ2n) is 17.4. The molecule has 1 aromatic carbocycles. The molecule has 60 heavy (non-hydrogen) atoms. The van der Waals surface area contributed by atoms with Crippen molar-refractivity contribution in [3.8, 4) is 17.5 Å². The minimum atomic E-state index is -5.11. The zero-order valence-electron chi connectivity index (χ0n) is 34.8. The Morgan fingerprint density at radius 3 is 2.42 bits per heavy atom. The van der Waals surface area contributed by atoms with E-state index in [1.165, 1.54) is 21.1 Å². The Morgan fingerprint density at radius 2 is 1.82 bits per heavy atom. The molecule has 3 heterocycles. The molecule has 3 N–H and O–H groups in total. The molecule has 15 nitrogen and oxygen atoms in total. The minimum Gasteiger partial charge on any atom is -0.497 e. The van der Waals surface area contributed by atoms with E-state index in [0.29, 0.717) is 56.1 Å². The van der Waals surface area contributed by atoms with Gasteiger partial charge >= 0.3 is 12.3 Å². The van der Waals surface area contributed by atoms with Crippen LogP contribution in [0.4, 0.5) is 18.0 Å². The maximum atomic E-state index is 15.2. The highest BCUT2D eigenvalue weighted by atomic mass is 32.2. The summed E-state index contributed by atoms with van der Waals surface area (Å²) < 4.78 is 89.2. The molecule has 2 aromatic rings. The number of hydrogen-bond acceptors (Lipinski definition) is 10.